The lowest BCUT2D eigenvalue weighted by molar-refractivity contribution is 0.253. The van der Waals surface area contributed by atoms with Gasteiger partial charge in [0.05, 0.1) is 6.61 Å². The molecule has 0 radical (unpaired) electrons. The largest absolute Gasteiger partial charge is 0.392 e. The van der Waals surface area contributed by atoms with E-state index in [1.165, 1.54) is 11.4 Å². The Bertz CT molecular complexity index is 520. The van der Waals surface area contributed by atoms with Gasteiger partial charge < -0.3 is 5.11 Å². The number of rotatable bonds is 5. The van der Waals surface area contributed by atoms with Gasteiger partial charge in [-0.05, 0) is 27.2 Å². The van der Waals surface area contributed by atoms with Crippen molar-refractivity contribution in [1.29, 1.82) is 0 Å². The van der Waals surface area contributed by atoms with Gasteiger partial charge in [0.15, 0.2) is 5.03 Å². The molecule has 0 aliphatic rings. The van der Waals surface area contributed by atoms with Crippen LogP contribution in [0, 0.1) is 6.92 Å². The van der Waals surface area contributed by atoms with Gasteiger partial charge in [0.1, 0.15) is 0 Å². The maximum absolute atomic E-state index is 12.5. The molecule has 1 aromatic heterocycles. The standard InChI is InChI=1S/C11H21N3O3S/c1-6-11(3,4)14(5)18(16,17)10-9(7-15)8(2)12-13-10/h15H,6-7H2,1-5H3,(H,12,13). The highest BCUT2D eigenvalue weighted by Gasteiger charge is 2.36. The molecule has 0 aliphatic carbocycles. The fraction of sp³-hybridized carbons (Fsp3) is 0.727. The maximum atomic E-state index is 12.5. The number of nitrogens with zero attached hydrogens (tertiary/aromatic N) is 2. The first-order chi connectivity index (χ1) is 8.18. The van der Waals surface area contributed by atoms with Crippen LogP contribution in [-0.4, -0.2) is 40.6 Å². The predicted octanol–water partition coefficient (Wildman–Crippen LogP) is 1.02. The number of aryl methyl sites for hydroxylation is 1. The number of aromatic amines is 1. The minimum Gasteiger partial charge on any atom is -0.392 e. The molecule has 0 saturated carbocycles. The lowest BCUT2D eigenvalue weighted by atomic mass is 10.0. The second-order valence-electron chi connectivity index (χ2n) is 4.93. The average molecular weight is 275 g/mol. The molecule has 0 saturated heterocycles. The summed E-state index contributed by atoms with van der Waals surface area (Å²) in [5.41, 5.74) is 0.394. The van der Waals surface area contributed by atoms with Gasteiger partial charge in [-0.2, -0.15) is 9.40 Å². The molecule has 1 rings (SSSR count). The quantitative estimate of drug-likeness (QED) is 0.840. The normalized spacial score (nSPS) is 13.3. The molecule has 0 fully saturated rings. The number of hydrogen-bond donors (Lipinski definition) is 2. The second kappa shape index (κ2) is 4.99. The highest BCUT2D eigenvalue weighted by atomic mass is 32.2. The third-order valence-corrected chi connectivity index (χ3v) is 5.56. The van der Waals surface area contributed by atoms with Crippen LogP contribution in [0.25, 0.3) is 0 Å². The van der Waals surface area contributed by atoms with Crippen LogP contribution in [-0.2, 0) is 16.6 Å². The Morgan fingerprint density at radius 2 is 2.00 bits per heavy atom. The fourth-order valence-electron chi connectivity index (χ4n) is 1.51. The number of aromatic nitrogens is 2. The smallest absolute Gasteiger partial charge is 0.262 e. The van der Waals surface area contributed by atoms with E-state index in [2.05, 4.69) is 10.2 Å². The zero-order chi connectivity index (χ0) is 14.1. The van der Waals surface area contributed by atoms with E-state index < -0.39 is 15.6 Å². The van der Waals surface area contributed by atoms with Crippen LogP contribution in [0.1, 0.15) is 38.4 Å². The minimum absolute atomic E-state index is 0.0912. The Morgan fingerprint density at radius 3 is 2.44 bits per heavy atom. The number of hydrogen-bond acceptors (Lipinski definition) is 4. The lowest BCUT2D eigenvalue weighted by Gasteiger charge is -2.33. The summed E-state index contributed by atoms with van der Waals surface area (Å²) in [7, 11) is -2.17. The van der Waals surface area contributed by atoms with Gasteiger partial charge in [-0.1, -0.05) is 6.92 Å². The van der Waals surface area contributed by atoms with Gasteiger partial charge in [0.25, 0.3) is 10.0 Å². The first-order valence-corrected chi connectivity index (χ1v) is 7.26. The van der Waals surface area contributed by atoms with E-state index >= 15 is 0 Å². The number of aliphatic hydroxyl groups excluding tert-OH is 1. The van der Waals surface area contributed by atoms with Gasteiger partial charge in [-0.15, -0.1) is 0 Å². The summed E-state index contributed by atoms with van der Waals surface area (Å²) in [5.74, 6) is 0. The van der Waals surface area contributed by atoms with E-state index in [1.54, 1.807) is 6.92 Å². The molecule has 2 N–H and O–H groups in total. The predicted molar refractivity (Wildman–Crippen MR) is 68.6 cm³/mol. The third-order valence-electron chi connectivity index (χ3n) is 3.52. The van der Waals surface area contributed by atoms with E-state index in [1.807, 2.05) is 20.8 Å². The molecule has 1 heterocycles. The SMILES string of the molecule is CCC(C)(C)N(C)S(=O)(=O)c1n[nH]c(C)c1CO. The summed E-state index contributed by atoms with van der Waals surface area (Å²) in [4.78, 5) is 0. The molecule has 18 heavy (non-hydrogen) atoms. The van der Waals surface area contributed by atoms with Gasteiger partial charge in [-0.25, -0.2) is 8.42 Å². The molecular weight excluding hydrogens is 254 g/mol. The van der Waals surface area contributed by atoms with Crippen LogP contribution >= 0.6 is 0 Å². The summed E-state index contributed by atoms with van der Waals surface area (Å²) in [6, 6.07) is 0. The van der Waals surface area contributed by atoms with Gasteiger partial charge >= 0.3 is 0 Å². The summed E-state index contributed by atoms with van der Waals surface area (Å²) in [6.45, 7) is 6.96. The van der Waals surface area contributed by atoms with Crippen molar-refractivity contribution in [3.63, 3.8) is 0 Å². The molecule has 0 spiro atoms. The van der Waals surface area contributed by atoms with Crippen LogP contribution in [0.5, 0.6) is 0 Å². The summed E-state index contributed by atoms with van der Waals surface area (Å²) in [5, 5.41) is 15.6. The van der Waals surface area contributed by atoms with Crippen LogP contribution in [0.4, 0.5) is 0 Å². The van der Waals surface area contributed by atoms with Crippen molar-refractivity contribution in [2.24, 2.45) is 0 Å². The van der Waals surface area contributed by atoms with Crippen molar-refractivity contribution in [2.75, 3.05) is 7.05 Å². The van der Waals surface area contributed by atoms with Crippen molar-refractivity contribution in [2.45, 2.75) is 51.3 Å². The van der Waals surface area contributed by atoms with Crippen LogP contribution in [0.2, 0.25) is 0 Å². The zero-order valence-electron chi connectivity index (χ0n) is 11.5. The zero-order valence-corrected chi connectivity index (χ0v) is 12.3. The monoisotopic (exact) mass is 275 g/mol. The average Bonchev–Trinajstić information content (AvgIpc) is 2.69. The number of nitrogens with one attached hydrogen (secondary N) is 1. The van der Waals surface area contributed by atoms with Gasteiger partial charge in [0, 0.05) is 23.8 Å². The second-order valence-corrected chi connectivity index (χ2v) is 6.81. The van der Waals surface area contributed by atoms with Crippen LogP contribution in [0.15, 0.2) is 5.03 Å². The van der Waals surface area contributed by atoms with E-state index in [0.29, 0.717) is 17.7 Å². The Hall–Kier alpha value is -0.920. The molecule has 7 heteroatoms. The lowest BCUT2D eigenvalue weighted by Crippen LogP contribution is -2.44. The number of sulfonamides is 1. The molecule has 0 unspecified atom stereocenters. The first-order valence-electron chi connectivity index (χ1n) is 5.82. The Kier molecular flexibility index (Phi) is 4.19. The van der Waals surface area contributed by atoms with E-state index in [9.17, 15) is 13.5 Å². The Balaban J connectivity index is 3.30. The van der Waals surface area contributed by atoms with Crippen molar-refractivity contribution < 1.29 is 13.5 Å². The first kappa shape index (κ1) is 15.1. The maximum Gasteiger partial charge on any atom is 0.262 e. The van der Waals surface area contributed by atoms with Crippen molar-refractivity contribution in [1.82, 2.24) is 14.5 Å². The van der Waals surface area contributed by atoms with Gasteiger partial charge in [0.2, 0.25) is 0 Å². The summed E-state index contributed by atoms with van der Waals surface area (Å²) < 4.78 is 26.2. The molecule has 1 aromatic rings. The molecule has 0 aliphatic heterocycles. The topological polar surface area (TPSA) is 86.3 Å². The van der Waals surface area contributed by atoms with Gasteiger partial charge in [-0.3, -0.25) is 5.10 Å². The number of H-pyrrole nitrogens is 1. The molecule has 6 nitrogen and oxygen atoms in total. The summed E-state index contributed by atoms with van der Waals surface area (Å²) in [6.07, 6.45) is 0.681. The number of aliphatic hydroxyl groups is 1. The van der Waals surface area contributed by atoms with Crippen molar-refractivity contribution in [3.8, 4) is 0 Å². The molecular formula is C11H21N3O3S. The van der Waals surface area contributed by atoms with E-state index in [4.69, 9.17) is 0 Å². The molecule has 0 aromatic carbocycles. The molecule has 0 bridgehead atoms. The van der Waals surface area contributed by atoms with E-state index in [-0.39, 0.29) is 11.6 Å². The van der Waals surface area contributed by atoms with Crippen LogP contribution < -0.4 is 0 Å². The highest BCUT2D eigenvalue weighted by molar-refractivity contribution is 7.89. The fourth-order valence-corrected chi connectivity index (χ4v) is 3.24. The summed E-state index contributed by atoms with van der Waals surface area (Å²) >= 11 is 0. The van der Waals surface area contributed by atoms with Crippen molar-refractivity contribution >= 4 is 10.0 Å². The molecule has 104 valence electrons. The highest BCUT2D eigenvalue weighted by Crippen LogP contribution is 2.26. The van der Waals surface area contributed by atoms with E-state index in [0.717, 1.165) is 0 Å². The minimum atomic E-state index is -3.70. The molecule has 0 amide bonds. The molecule has 0 atom stereocenters. The van der Waals surface area contributed by atoms with Crippen molar-refractivity contribution in [3.05, 3.63) is 11.3 Å². The Morgan fingerprint density at radius 1 is 1.44 bits per heavy atom. The van der Waals surface area contributed by atoms with Crippen LogP contribution in [0.3, 0.4) is 0 Å². The Labute approximate surface area is 108 Å². The third kappa shape index (κ3) is 2.43.